The lowest BCUT2D eigenvalue weighted by molar-refractivity contribution is -0.148. The van der Waals surface area contributed by atoms with Gasteiger partial charge in [-0.1, -0.05) is 0 Å². The predicted molar refractivity (Wildman–Crippen MR) is 61.8 cm³/mol. The van der Waals surface area contributed by atoms with Crippen molar-refractivity contribution in [2.24, 2.45) is 0 Å². The molecule has 112 valence electrons. The van der Waals surface area contributed by atoms with Gasteiger partial charge in [-0.05, 0) is 21.0 Å². The Labute approximate surface area is 109 Å². The molecule has 0 spiro atoms. The Morgan fingerprint density at radius 3 is 2.21 bits per heavy atom. The van der Waals surface area contributed by atoms with Crippen molar-refractivity contribution in [1.29, 1.82) is 0 Å². The van der Waals surface area contributed by atoms with Gasteiger partial charge in [-0.15, -0.1) is 0 Å². The zero-order valence-electron chi connectivity index (χ0n) is 11.0. The van der Waals surface area contributed by atoms with Gasteiger partial charge in [0.05, 0.1) is 0 Å². The summed E-state index contributed by atoms with van der Waals surface area (Å²) in [7, 11) is 3.50. The fourth-order valence-corrected chi connectivity index (χ4v) is 1.11. The van der Waals surface area contributed by atoms with Crippen LogP contribution in [0, 0.1) is 0 Å². The molecule has 0 fully saturated rings. The first kappa shape index (κ1) is 17.5. The molecule has 19 heavy (non-hydrogen) atoms. The monoisotopic (exact) mass is 285 g/mol. The number of carboxylic acid groups (broad SMARTS) is 1. The zero-order chi connectivity index (χ0) is 15.2. The van der Waals surface area contributed by atoms with Crippen LogP contribution in [0.15, 0.2) is 0 Å². The van der Waals surface area contributed by atoms with Gasteiger partial charge in [-0.2, -0.15) is 13.2 Å². The second kappa shape index (κ2) is 7.17. The Hall–Kier alpha value is -1.51. The fourth-order valence-electron chi connectivity index (χ4n) is 1.11. The van der Waals surface area contributed by atoms with E-state index in [0.717, 1.165) is 0 Å². The normalized spacial score (nSPS) is 13.2. The quantitative estimate of drug-likeness (QED) is 0.749. The van der Waals surface area contributed by atoms with Gasteiger partial charge in [-0.3, -0.25) is 4.79 Å². The number of aliphatic carboxylic acids is 1. The van der Waals surface area contributed by atoms with Crippen molar-refractivity contribution < 1.29 is 27.9 Å². The highest BCUT2D eigenvalue weighted by Crippen LogP contribution is 2.16. The van der Waals surface area contributed by atoms with E-state index in [-0.39, 0.29) is 17.5 Å². The number of likely N-dealkylation sites (N-methyl/N-ethyl adjacent to an activating group) is 1. The number of carboxylic acids is 1. The van der Waals surface area contributed by atoms with Gasteiger partial charge in [0.25, 0.3) is 0 Å². The number of amides is 2. The molecule has 0 saturated carbocycles. The van der Waals surface area contributed by atoms with Crippen LogP contribution >= 0.6 is 0 Å². The highest BCUT2D eigenvalue weighted by Gasteiger charge is 2.34. The third-order valence-corrected chi connectivity index (χ3v) is 2.41. The van der Waals surface area contributed by atoms with Crippen LogP contribution < -0.4 is 5.32 Å². The molecule has 0 aliphatic rings. The average molecular weight is 285 g/mol. The lowest BCUT2D eigenvalue weighted by atomic mass is 10.3. The van der Waals surface area contributed by atoms with E-state index in [1.54, 1.807) is 25.9 Å². The Balaban J connectivity index is 4.50. The molecule has 0 radical (unpaired) electrons. The van der Waals surface area contributed by atoms with E-state index in [1.165, 1.54) is 0 Å². The lowest BCUT2D eigenvalue weighted by Gasteiger charge is -2.25. The van der Waals surface area contributed by atoms with Gasteiger partial charge >= 0.3 is 18.2 Å². The van der Waals surface area contributed by atoms with Crippen molar-refractivity contribution in [2.45, 2.75) is 19.1 Å². The van der Waals surface area contributed by atoms with Gasteiger partial charge in [0.15, 0.2) is 0 Å². The van der Waals surface area contributed by atoms with Crippen LogP contribution in [0.4, 0.5) is 18.0 Å². The summed E-state index contributed by atoms with van der Waals surface area (Å²) in [6, 6.07) is -1.13. The largest absolute Gasteiger partial charge is 0.480 e. The Kier molecular flexibility index (Phi) is 6.60. The molecule has 2 N–H and O–H groups in total. The van der Waals surface area contributed by atoms with E-state index >= 15 is 0 Å². The average Bonchev–Trinajstić information content (AvgIpc) is 2.21. The minimum absolute atomic E-state index is 0.0819. The van der Waals surface area contributed by atoms with Crippen LogP contribution in [0.5, 0.6) is 0 Å². The van der Waals surface area contributed by atoms with Gasteiger partial charge < -0.3 is 20.2 Å². The molecule has 0 aromatic carbocycles. The van der Waals surface area contributed by atoms with E-state index in [1.807, 2.05) is 0 Å². The van der Waals surface area contributed by atoms with E-state index in [0.29, 0.717) is 0 Å². The SMILES string of the molecule is CC(CNC(=O)N(CC(=O)O)CC(F)(F)F)N(C)C. The second-order valence-electron chi connectivity index (χ2n) is 4.36. The van der Waals surface area contributed by atoms with E-state index in [2.05, 4.69) is 5.32 Å². The number of carbonyl (C=O) groups is 2. The Morgan fingerprint density at radius 2 is 1.84 bits per heavy atom. The summed E-state index contributed by atoms with van der Waals surface area (Å²) in [5.74, 6) is -1.50. The highest BCUT2D eigenvalue weighted by atomic mass is 19.4. The van der Waals surface area contributed by atoms with Crippen LogP contribution in [-0.2, 0) is 4.79 Å². The molecule has 2 amide bonds. The minimum atomic E-state index is -4.64. The summed E-state index contributed by atoms with van der Waals surface area (Å²) in [6.07, 6.45) is -4.64. The number of carbonyl (C=O) groups excluding carboxylic acids is 1. The first-order valence-electron chi connectivity index (χ1n) is 5.50. The third kappa shape index (κ3) is 8.25. The van der Waals surface area contributed by atoms with Crippen LogP contribution in [0.2, 0.25) is 0 Å². The zero-order valence-corrected chi connectivity index (χ0v) is 11.0. The van der Waals surface area contributed by atoms with E-state index in [9.17, 15) is 22.8 Å². The molecule has 0 aromatic rings. The summed E-state index contributed by atoms with van der Waals surface area (Å²) in [4.78, 5) is 23.9. The molecule has 9 heteroatoms. The molecule has 1 unspecified atom stereocenters. The molecular weight excluding hydrogens is 267 g/mol. The molecule has 0 saturated heterocycles. The second-order valence-corrected chi connectivity index (χ2v) is 4.36. The van der Waals surface area contributed by atoms with Crippen molar-refractivity contribution >= 4 is 12.0 Å². The number of nitrogens with zero attached hydrogens (tertiary/aromatic N) is 2. The summed E-state index contributed by atoms with van der Waals surface area (Å²) in [6.45, 7) is -0.700. The molecule has 0 rings (SSSR count). The van der Waals surface area contributed by atoms with Crippen LogP contribution in [0.3, 0.4) is 0 Å². The minimum Gasteiger partial charge on any atom is -0.480 e. The topological polar surface area (TPSA) is 72.9 Å². The maximum absolute atomic E-state index is 12.2. The molecule has 0 bridgehead atoms. The number of urea groups is 1. The standard InChI is InChI=1S/C10H18F3N3O3/c1-7(15(2)3)4-14-9(19)16(5-8(17)18)6-10(11,12)13/h7H,4-6H2,1-3H3,(H,14,19)(H,17,18). The van der Waals surface area contributed by atoms with E-state index < -0.39 is 31.3 Å². The van der Waals surface area contributed by atoms with Gasteiger partial charge in [0.2, 0.25) is 0 Å². The molecule has 0 aromatic heterocycles. The van der Waals surface area contributed by atoms with Crippen molar-refractivity contribution in [3.63, 3.8) is 0 Å². The third-order valence-electron chi connectivity index (χ3n) is 2.41. The molecule has 0 heterocycles. The number of rotatable bonds is 6. The maximum Gasteiger partial charge on any atom is 0.406 e. The molecule has 0 aliphatic carbocycles. The Bertz CT molecular complexity index is 321. The molecular formula is C10H18F3N3O3. The Morgan fingerprint density at radius 1 is 1.32 bits per heavy atom. The van der Waals surface area contributed by atoms with Crippen LogP contribution in [-0.4, -0.2) is 72.9 Å². The van der Waals surface area contributed by atoms with Gasteiger partial charge in [0, 0.05) is 12.6 Å². The van der Waals surface area contributed by atoms with E-state index in [4.69, 9.17) is 5.11 Å². The number of alkyl halides is 3. The smallest absolute Gasteiger partial charge is 0.406 e. The number of hydrogen-bond donors (Lipinski definition) is 2. The molecule has 6 nitrogen and oxygen atoms in total. The van der Waals surface area contributed by atoms with Crippen molar-refractivity contribution in [1.82, 2.24) is 15.1 Å². The highest BCUT2D eigenvalue weighted by molar-refractivity contribution is 5.80. The fraction of sp³-hybridized carbons (Fsp3) is 0.800. The summed E-state index contributed by atoms with van der Waals surface area (Å²) >= 11 is 0. The number of nitrogens with one attached hydrogen (secondary N) is 1. The van der Waals surface area contributed by atoms with Gasteiger partial charge in [0.1, 0.15) is 13.1 Å². The number of halogens is 3. The molecule has 0 aliphatic heterocycles. The summed E-state index contributed by atoms with van der Waals surface area (Å²) < 4.78 is 36.7. The maximum atomic E-state index is 12.2. The number of hydrogen-bond acceptors (Lipinski definition) is 3. The van der Waals surface area contributed by atoms with Gasteiger partial charge in [-0.25, -0.2) is 4.79 Å². The first-order chi connectivity index (χ1) is 8.53. The summed E-state index contributed by atoms with van der Waals surface area (Å²) in [5, 5.41) is 10.8. The lowest BCUT2D eigenvalue weighted by Crippen LogP contribution is -2.49. The van der Waals surface area contributed by atoms with Crippen molar-refractivity contribution in [2.75, 3.05) is 33.7 Å². The van der Waals surface area contributed by atoms with Crippen LogP contribution in [0.25, 0.3) is 0 Å². The summed E-state index contributed by atoms with van der Waals surface area (Å²) in [5.41, 5.74) is 0. The van der Waals surface area contributed by atoms with Crippen LogP contribution in [0.1, 0.15) is 6.92 Å². The van der Waals surface area contributed by atoms with Crippen molar-refractivity contribution in [3.05, 3.63) is 0 Å². The first-order valence-corrected chi connectivity index (χ1v) is 5.50. The van der Waals surface area contributed by atoms with Crippen molar-refractivity contribution in [3.8, 4) is 0 Å². The molecule has 1 atom stereocenters. The predicted octanol–water partition coefficient (Wildman–Crippen LogP) is 0.595.